The smallest absolute Gasteiger partial charge is 0.293 e. The van der Waals surface area contributed by atoms with Crippen LogP contribution in [-0.2, 0) is 22.5 Å². The molecule has 0 radical (unpaired) electrons. The predicted molar refractivity (Wildman–Crippen MR) is 176 cm³/mol. The number of sulfonamides is 1. The number of carbonyl (C=O) groups excluding carboxylic acids is 1. The van der Waals surface area contributed by atoms with Gasteiger partial charge in [-0.1, -0.05) is 39.0 Å². The van der Waals surface area contributed by atoms with Crippen LogP contribution in [0.3, 0.4) is 0 Å². The maximum atomic E-state index is 15.8. The molecule has 0 aliphatic carbocycles. The highest BCUT2D eigenvalue weighted by Gasteiger charge is 2.24. The van der Waals surface area contributed by atoms with Gasteiger partial charge in [0.05, 0.1) is 17.6 Å². The normalized spacial score (nSPS) is 14.3. The SMILES string of the molecule is Cn1cc(-c2cccc(NC(=O)c3ccc(C(C)(C)C)cc3)c2F)nc(Nc2ccc(N3CCN(S(C)(=O)=O)CC3)cc2)c1=O. The van der Waals surface area contributed by atoms with Crippen LogP contribution in [0.1, 0.15) is 36.7 Å². The molecule has 10 nitrogen and oxygen atoms in total. The number of benzene rings is 3. The molecule has 2 N–H and O–H groups in total. The Bertz CT molecular complexity index is 1880. The summed E-state index contributed by atoms with van der Waals surface area (Å²) in [5.41, 5.74) is 2.89. The number of piperazine rings is 1. The molecule has 5 rings (SSSR count). The third-order valence-corrected chi connectivity index (χ3v) is 9.11. The van der Waals surface area contributed by atoms with Crippen molar-refractivity contribution in [3.8, 4) is 11.3 Å². The van der Waals surface area contributed by atoms with Gasteiger partial charge in [0.2, 0.25) is 10.0 Å². The lowest BCUT2D eigenvalue weighted by Gasteiger charge is -2.34. The first kappa shape index (κ1) is 31.9. The number of aryl methyl sites for hydroxylation is 1. The molecule has 1 fully saturated rings. The van der Waals surface area contributed by atoms with Crippen LogP contribution in [0.15, 0.2) is 77.7 Å². The van der Waals surface area contributed by atoms with Crippen molar-refractivity contribution in [3.63, 3.8) is 0 Å². The second kappa shape index (κ2) is 12.4. The molecule has 3 aromatic carbocycles. The summed E-state index contributed by atoms with van der Waals surface area (Å²) in [5.74, 6) is -1.10. The summed E-state index contributed by atoms with van der Waals surface area (Å²) in [6.07, 6.45) is 2.66. The van der Waals surface area contributed by atoms with Gasteiger partial charge in [-0.3, -0.25) is 9.59 Å². The van der Waals surface area contributed by atoms with E-state index in [2.05, 4.69) is 41.3 Å². The molecule has 0 bridgehead atoms. The summed E-state index contributed by atoms with van der Waals surface area (Å²) < 4.78 is 42.2. The zero-order valence-electron chi connectivity index (χ0n) is 26.0. The first-order valence-corrected chi connectivity index (χ1v) is 16.4. The van der Waals surface area contributed by atoms with Crippen molar-refractivity contribution in [1.29, 1.82) is 0 Å². The van der Waals surface area contributed by atoms with Gasteiger partial charge in [0.1, 0.15) is 0 Å². The van der Waals surface area contributed by atoms with E-state index >= 15 is 4.39 Å². The van der Waals surface area contributed by atoms with Crippen molar-refractivity contribution in [3.05, 3.63) is 100 Å². The number of aromatic nitrogens is 2. The molecule has 0 spiro atoms. The van der Waals surface area contributed by atoms with Gasteiger partial charge in [-0.2, -0.15) is 4.31 Å². The monoisotopic (exact) mass is 632 g/mol. The van der Waals surface area contributed by atoms with Crippen LogP contribution in [0.4, 0.5) is 27.3 Å². The molecule has 1 saturated heterocycles. The third kappa shape index (κ3) is 7.23. The van der Waals surface area contributed by atoms with Crippen LogP contribution in [0.5, 0.6) is 0 Å². The van der Waals surface area contributed by atoms with Gasteiger partial charge in [0, 0.05) is 61.9 Å². The van der Waals surface area contributed by atoms with Gasteiger partial charge in [0.25, 0.3) is 11.5 Å². The van der Waals surface area contributed by atoms with Crippen molar-refractivity contribution in [2.45, 2.75) is 26.2 Å². The highest BCUT2D eigenvalue weighted by Crippen LogP contribution is 2.28. The van der Waals surface area contributed by atoms with Crippen molar-refractivity contribution in [1.82, 2.24) is 13.9 Å². The van der Waals surface area contributed by atoms with Crippen molar-refractivity contribution >= 4 is 38.8 Å². The fraction of sp³-hybridized carbons (Fsp3) is 0.303. The maximum Gasteiger partial charge on any atom is 0.293 e. The zero-order valence-corrected chi connectivity index (χ0v) is 26.8. The number of hydrogen-bond donors (Lipinski definition) is 2. The van der Waals surface area contributed by atoms with Crippen LogP contribution in [0.25, 0.3) is 11.3 Å². The van der Waals surface area contributed by atoms with Crippen LogP contribution < -0.4 is 21.1 Å². The van der Waals surface area contributed by atoms with Gasteiger partial charge < -0.3 is 20.1 Å². The van der Waals surface area contributed by atoms with E-state index < -0.39 is 27.3 Å². The van der Waals surface area contributed by atoms with Crippen LogP contribution in [0, 0.1) is 5.82 Å². The zero-order chi connectivity index (χ0) is 32.5. The molecule has 1 aromatic heterocycles. The quantitative estimate of drug-likeness (QED) is 0.296. The van der Waals surface area contributed by atoms with Crippen LogP contribution in [0.2, 0.25) is 0 Å². The summed E-state index contributed by atoms with van der Waals surface area (Å²) >= 11 is 0. The molecular formula is C33H37FN6O4S. The van der Waals surface area contributed by atoms with Crippen LogP contribution >= 0.6 is 0 Å². The van der Waals surface area contributed by atoms with Gasteiger partial charge in [-0.05, 0) is 59.5 Å². The minimum Gasteiger partial charge on any atom is -0.369 e. The van der Waals surface area contributed by atoms with Crippen LogP contribution in [-0.4, -0.2) is 60.6 Å². The van der Waals surface area contributed by atoms with E-state index in [9.17, 15) is 18.0 Å². The molecule has 1 amide bonds. The van der Waals surface area contributed by atoms with E-state index in [1.54, 1.807) is 37.4 Å². The highest BCUT2D eigenvalue weighted by atomic mass is 32.2. The Morgan fingerprint density at radius 1 is 0.933 bits per heavy atom. The molecule has 45 heavy (non-hydrogen) atoms. The number of amides is 1. The Morgan fingerprint density at radius 2 is 1.58 bits per heavy atom. The van der Waals surface area contributed by atoms with Crippen molar-refractivity contribution in [2.24, 2.45) is 7.05 Å². The number of rotatable bonds is 7. The first-order chi connectivity index (χ1) is 21.2. The van der Waals surface area contributed by atoms with E-state index in [0.29, 0.717) is 37.4 Å². The second-order valence-electron chi connectivity index (χ2n) is 12.2. The lowest BCUT2D eigenvalue weighted by molar-refractivity contribution is 0.102. The average molecular weight is 633 g/mol. The first-order valence-electron chi connectivity index (χ1n) is 14.6. The molecule has 1 aliphatic rings. The lowest BCUT2D eigenvalue weighted by atomic mass is 9.87. The largest absolute Gasteiger partial charge is 0.369 e. The fourth-order valence-corrected chi connectivity index (χ4v) is 5.96. The van der Waals surface area contributed by atoms with E-state index in [-0.39, 0.29) is 28.2 Å². The molecule has 0 unspecified atom stereocenters. The maximum absolute atomic E-state index is 15.8. The minimum absolute atomic E-state index is 0.00415. The number of carbonyl (C=O) groups is 1. The molecule has 12 heteroatoms. The molecule has 0 atom stereocenters. The van der Waals surface area contributed by atoms with Crippen molar-refractivity contribution < 1.29 is 17.6 Å². The van der Waals surface area contributed by atoms with Gasteiger partial charge in [0.15, 0.2) is 11.6 Å². The summed E-state index contributed by atoms with van der Waals surface area (Å²) in [4.78, 5) is 32.4. The predicted octanol–water partition coefficient (Wildman–Crippen LogP) is 4.96. The highest BCUT2D eigenvalue weighted by molar-refractivity contribution is 7.88. The van der Waals surface area contributed by atoms with Gasteiger partial charge in [-0.25, -0.2) is 17.8 Å². The molecule has 236 valence electrons. The topological polar surface area (TPSA) is 117 Å². The van der Waals surface area contributed by atoms with E-state index in [4.69, 9.17) is 0 Å². The van der Waals surface area contributed by atoms with Crippen molar-refractivity contribution in [2.75, 3.05) is 48.0 Å². The Kier molecular flexibility index (Phi) is 8.81. The standard InChI is InChI=1S/C33H37FN6O4S/c1-33(2,3)23-11-9-22(10-12-23)31(41)37-27-8-6-7-26(29(27)34)28-21-38(4)32(42)30(36-28)35-24-13-15-25(16-14-24)39-17-19-40(20-18-39)45(5,43)44/h6-16,21H,17-20H2,1-5H3,(H,35,36)(H,37,41). The number of nitrogens with one attached hydrogen (secondary N) is 2. The van der Waals surface area contributed by atoms with E-state index in [1.807, 2.05) is 24.3 Å². The molecule has 4 aromatic rings. The molecular weight excluding hydrogens is 595 g/mol. The average Bonchev–Trinajstić information content (AvgIpc) is 3.00. The Hall–Kier alpha value is -4.55. The van der Waals surface area contributed by atoms with E-state index in [0.717, 1.165) is 11.3 Å². The lowest BCUT2D eigenvalue weighted by Crippen LogP contribution is -2.48. The second-order valence-corrected chi connectivity index (χ2v) is 14.1. The van der Waals surface area contributed by atoms with E-state index in [1.165, 1.54) is 33.5 Å². The van der Waals surface area contributed by atoms with Gasteiger partial charge in [-0.15, -0.1) is 0 Å². The fourth-order valence-electron chi connectivity index (χ4n) is 5.13. The summed E-state index contributed by atoms with van der Waals surface area (Å²) in [7, 11) is -1.66. The Labute approximate surface area is 262 Å². The number of halogens is 1. The number of hydrogen-bond acceptors (Lipinski definition) is 7. The summed E-state index contributed by atoms with van der Waals surface area (Å²) in [6, 6.07) is 19.2. The number of anilines is 4. The molecule has 0 saturated carbocycles. The van der Waals surface area contributed by atoms with Gasteiger partial charge >= 0.3 is 0 Å². The minimum atomic E-state index is -3.22. The Balaban J connectivity index is 1.33. The summed E-state index contributed by atoms with van der Waals surface area (Å²) in [6.45, 7) is 8.22. The number of nitrogens with zero attached hydrogens (tertiary/aromatic N) is 4. The Morgan fingerprint density at radius 3 is 2.18 bits per heavy atom. The molecule has 2 heterocycles. The summed E-state index contributed by atoms with van der Waals surface area (Å²) in [5, 5.41) is 5.70. The third-order valence-electron chi connectivity index (χ3n) is 7.81. The molecule has 1 aliphatic heterocycles.